The summed E-state index contributed by atoms with van der Waals surface area (Å²) in [6, 6.07) is 11.1. The van der Waals surface area contributed by atoms with Crippen molar-refractivity contribution in [1.29, 1.82) is 5.26 Å². The fourth-order valence-corrected chi connectivity index (χ4v) is 4.29. The molecule has 0 unspecified atom stereocenters. The van der Waals surface area contributed by atoms with Crippen molar-refractivity contribution in [3.05, 3.63) is 53.6 Å². The summed E-state index contributed by atoms with van der Waals surface area (Å²) in [5, 5.41) is 9.85. The van der Waals surface area contributed by atoms with Gasteiger partial charge in [-0.3, -0.25) is 0 Å². The molecule has 88 valence electrons. The predicted molar refractivity (Wildman–Crippen MR) is 71.6 cm³/mol. The van der Waals surface area contributed by atoms with Gasteiger partial charge in [-0.2, -0.15) is 5.26 Å². The fourth-order valence-electron chi connectivity index (χ4n) is 4.29. The Balaban J connectivity index is 1.93. The highest BCUT2D eigenvalue weighted by molar-refractivity contribution is 5.65. The van der Waals surface area contributed by atoms with Crippen LogP contribution in [0.25, 0.3) is 6.08 Å². The average molecular weight is 233 g/mol. The minimum atomic E-state index is -0.249. The first kappa shape index (κ1) is 10.1. The van der Waals surface area contributed by atoms with E-state index in [1.165, 1.54) is 11.1 Å². The first-order valence-corrected chi connectivity index (χ1v) is 6.73. The Morgan fingerprint density at radius 2 is 2.11 bits per heavy atom. The third-order valence-electron chi connectivity index (χ3n) is 5.07. The molecule has 0 aromatic heterocycles. The standard InChI is InChI=1S/C17H15N/c18-11-17-14-7-3-1-5-12(14)9-10-16(17)13-6-2-4-8-15(13)17/h1-3,5-7,9-10,13,15-16H,4,8H2/t13-,15+,16-,17+/m0/s1. The number of fused-ring (bicyclic) bond motifs is 6. The molecule has 0 radical (unpaired) electrons. The van der Waals surface area contributed by atoms with E-state index >= 15 is 0 Å². The fraction of sp³-hybridized carbons (Fsp3) is 0.353. The minimum Gasteiger partial charge on any atom is -0.197 e. The SMILES string of the molecule is N#C[C@]12c3ccccc3C=C[C@H]1[C@H]1C=CCC[C@H]12. The molecule has 0 aliphatic heterocycles. The van der Waals surface area contributed by atoms with Crippen LogP contribution >= 0.6 is 0 Å². The molecule has 0 N–H and O–H groups in total. The molecule has 1 aromatic carbocycles. The Labute approximate surface area is 107 Å². The molecule has 0 saturated heterocycles. The van der Waals surface area contributed by atoms with Gasteiger partial charge < -0.3 is 0 Å². The van der Waals surface area contributed by atoms with E-state index in [0.717, 1.165) is 12.8 Å². The van der Waals surface area contributed by atoms with E-state index in [-0.39, 0.29) is 5.41 Å². The second kappa shape index (κ2) is 3.36. The molecule has 1 heteroatoms. The Morgan fingerprint density at radius 3 is 3.00 bits per heavy atom. The number of benzene rings is 1. The van der Waals surface area contributed by atoms with Crippen molar-refractivity contribution in [3.63, 3.8) is 0 Å². The number of rotatable bonds is 0. The Bertz CT molecular complexity index is 604. The molecule has 0 spiro atoms. The number of nitrogens with zero attached hydrogens (tertiary/aromatic N) is 1. The normalized spacial score (nSPS) is 38.9. The third kappa shape index (κ3) is 0.980. The van der Waals surface area contributed by atoms with Crippen LogP contribution in [0.2, 0.25) is 0 Å². The molecule has 1 fully saturated rings. The largest absolute Gasteiger partial charge is 0.197 e. The topological polar surface area (TPSA) is 23.8 Å². The van der Waals surface area contributed by atoms with Crippen LogP contribution in [0.3, 0.4) is 0 Å². The van der Waals surface area contributed by atoms with Crippen molar-refractivity contribution in [3.8, 4) is 6.07 Å². The molecule has 4 atom stereocenters. The van der Waals surface area contributed by atoms with E-state index in [1.54, 1.807) is 0 Å². The Kier molecular flexibility index (Phi) is 1.89. The van der Waals surface area contributed by atoms with Gasteiger partial charge in [0.2, 0.25) is 0 Å². The second-order valence-corrected chi connectivity index (χ2v) is 5.64. The van der Waals surface area contributed by atoms with Gasteiger partial charge in [-0.15, -0.1) is 0 Å². The van der Waals surface area contributed by atoms with E-state index < -0.39 is 0 Å². The Morgan fingerprint density at radius 1 is 1.22 bits per heavy atom. The molecule has 3 aliphatic carbocycles. The van der Waals surface area contributed by atoms with Crippen LogP contribution in [0.1, 0.15) is 24.0 Å². The highest BCUT2D eigenvalue weighted by Crippen LogP contribution is 2.63. The van der Waals surface area contributed by atoms with Crippen LogP contribution < -0.4 is 0 Å². The predicted octanol–water partition coefficient (Wildman–Crippen LogP) is 3.69. The van der Waals surface area contributed by atoms with Gasteiger partial charge >= 0.3 is 0 Å². The average Bonchev–Trinajstić information content (AvgIpc) is 2.43. The van der Waals surface area contributed by atoms with E-state index in [4.69, 9.17) is 0 Å². The Hall–Kier alpha value is -1.81. The summed E-state index contributed by atoms with van der Waals surface area (Å²) in [7, 11) is 0. The minimum absolute atomic E-state index is 0.249. The van der Waals surface area contributed by atoms with Crippen molar-refractivity contribution in [2.75, 3.05) is 0 Å². The lowest BCUT2D eigenvalue weighted by atomic mass is 9.41. The van der Waals surface area contributed by atoms with E-state index in [9.17, 15) is 5.26 Å². The number of nitriles is 1. The maximum atomic E-state index is 9.85. The first-order valence-electron chi connectivity index (χ1n) is 6.73. The summed E-state index contributed by atoms with van der Waals surface area (Å²) in [6.07, 6.45) is 11.4. The maximum absolute atomic E-state index is 9.85. The summed E-state index contributed by atoms with van der Waals surface area (Å²) >= 11 is 0. The van der Waals surface area contributed by atoms with Gasteiger partial charge in [-0.25, -0.2) is 0 Å². The zero-order chi connectivity index (χ0) is 12.2. The highest BCUT2D eigenvalue weighted by atomic mass is 14.6. The molecule has 3 aliphatic rings. The summed E-state index contributed by atoms with van der Waals surface area (Å²) in [4.78, 5) is 0. The maximum Gasteiger partial charge on any atom is 0.0930 e. The quantitative estimate of drug-likeness (QED) is 0.627. The summed E-state index contributed by atoms with van der Waals surface area (Å²) < 4.78 is 0. The number of hydrogen-bond donors (Lipinski definition) is 0. The lowest BCUT2D eigenvalue weighted by Gasteiger charge is -2.59. The van der Waals surface area contributed by atoms with Crippen molar-refractivity contribution in [2.45, 2.75) is 18.3 Å². The monoisotopic (exact) mass is 233 g/mol. The molecule has 1 aromatic rings. The smallest absolute Gasteiger partial charge is 0.0930 e. The molecule has 1 nitrogen and oxygen atoms in total. The zero-order valence-electron chi connectivity index (χ0n) is 10.2. The zero-order valence-corrected chi connectivity index (χ0v) is 10.2. The van der Waals surface area contributed by atoms with Gasteiger partial charge in [0.15, 0.2) is 0 Å². The van der Waals surface area contributed by atoms with Gasteiger partial charge in [0.25, 0.3) is 0 Å². The molecular formula is C17H15N. The summed E-state index contributed by atoms with van der Waals surface area (Å²) in [5.41, 5.74) is 2.25. The van der Waals surface area contributed by atoms with Crippen molar-refractivity contribution < 1.29 is 0 Å². The summed E-state index contributed by atoms with van der Waals surface area (Å²) in [5.74, 6) is 1.49. The van der Waals surface area contributed by atoms with Gasteiger partial charge in [0.05, 0.1) is 11.5 Å². The van der Waals surface area contributed by atoms with Crippen LogP contribution in [0.4, 0.5) is 0 Å². The van der Waals surface area contributed by atoms with Crippen LogP contribution in [-0.2, 0) is 5.41 Å². The summed E-state index contributed by atoms with van der Waals surface area (Å²) in [6.45, 7) is 0. The van der Waals surface area contributed by atoms with Crippen LogP contribution in [-0.4, -0.2) is 0 Å². The van der Waals surface area contributed by atoms with Gasteiger partial charge in [-0.1, -0.05) is 48.6 Å². The van der Waals surface area contributed by atoms with Crippen LogP contribution in [0.5, 0.6) is 0 Å². The second-order valence-electron chi connectivity index (χ2n) is 5.64. The number of hydrogen-bond acceptors (Lipinski definition) is 1. The van der Waals surface area contributed by atoms with Gasteiger partial charge in [0, 0.05) is 5.92 Å². The molecule has 1 saturated carbocycles. The first-order chi connectivity index (χ1) is 8.88. The van der Waals surface area contributed by atoms with Crippen LogP contribution in [0.15, 0.2) is 42.5 Å². The van der Waals surface area contributed by atoms with Crippen LogP contribution in [0, 0.1) is 29.1 Å². The number of allylic oxidation sites excluding steroid dienone is 3. The van der Waals surface area contributed by atoms with Gasteiger partial charge in [-0.05, 0) is 35.8 Å². The van der Waals surface area contributed by atoms with E-state index in [1.807, 2.05) is 0 Å². The highest BCUT2D eigenvalue weighted by Gasteiger charge is 2.62. The molecular weight excluding hydrogens is 218 g/mol. The molecule has 0 bridgehead atoms. The van der Waals surface area contributed by atoms with Gasteiger partial charge in [0.1, 0.15) is 0 Å². The molecule has 18 heavy (non-hydrogen) atoms. The van der Waals surface area contributed by atoms with E-state index in [0.29, 0.717) is 17.8 Å². The lowest BCUT2D eigenvalue weighted by Crippen LogP contribution is -2.59. The van der Waals surface area contributed by atoms with Crippen molar-refractivity contribution in [1.82, 2.24) is 0 Å². The molecule has 0 amide bonds. The van der Waals surface area contributed by atoms with E-state index in [2.05, 4.69) is 54.6 Å². The molecule has 0 heterocycles. The van der Waals surface area contributed by atoms with Crippen molar-refractivity contribution >= 4 is 6.08 Å². The molecule has 4 rings (SSSR count). The lowest BCUT2D eigenvalue weighted by molar-refractivity contribution is 0.0324. The van der Waals surface area contributed by atoms with Crippen molar-refractivity contribution in [2.24, 2.45) is 17.8 Å². The third-order valence-corrected chi connectivity index (χ3v) is 5.07.